The van der Waals surface area contributed by atoms with Crippen molar-refractivity contribution < 1.29 is 47.8 Å². The molecule has 2 amide bonds. The number of hydrogen-bond donors (Lipinski definition) is 1. The summed E-state index contributed by atoms with van der Waals surface area (Å²) in [5, 5.41) is 6.75. The van der Waals surface area contributed by atoms with E-state index in [-0.39, 0.29) is 18.2 Å². The average Bonchev–Trinajstić information content (AvgIpc) is 3.11. The molecule has 2 aliphatic rings. The molecule has 2 aliphatic heterocycles. The number of esters is 3. The number of benzene rings is 1. The van der Waals surface area contributed by atoms with Crippen LogP contribution in [0.25, 0.3) is 0 Å². The second-order valence-corrected chi connectivity index (χ2v) is 9.60. The Kier molecular flexibility index (Phi) is 10.2. The van der Waals surface area contributed by atoms with Crippen LogP contribution in [0.5, 0.6) is 0 Å². The van der Waals surface area contributed by atoms with Gasteiger partial charge in [0.25, 0.3) is 12.2 Å². The van der Waals surface area contributed by atoms with Crippen molar-refractivity contribution in [3.63, 3.8) is 0 Å². The summed E-state index contributed by atoms with van der Waals surface area (Å²) >= 11 is 0. The molecular weight excluding hydrogens is 526 g/mol. The van der Waals surface area contributed by atoms with Gasteiger partial charge in [0.2, 0.25) is 5.91 Å². The van der Waals surface area contributed by atoms with Gasteiger partial charge >= 0.3 is 17.9 Å². The van der Waals surface area contributed by atoms with Crippen LogP contribution in [0.1, 0.15) is 58.6 Å². The number of anilines is 1. The van der Waals surface area contributed by atoms with Gasteiger partial charge in [-0.1, -0.05) is 30.1 Å². The van der Waals surface area contributed by atoms with E-state index >= 15 is 0 Å². The van der Waals surface area contributed by atoms with Crippen molar-refractivity contribution in [1.82, 2.24) is 5.32 Å². The number of nitrogens with zero attached hydrogens (tertiary/aromatic N) is 2. The van der Waals surface area contributed by atoms with E-state index in [1.54, 1.807) is 4.90 Å². The minimum Gasteiger partial charge on any atom is -0.463 e. The molecule has 0 unspecified atom stereocenters. The molecule has 0 spiro atoms. The third-order valence-electron chi connectivity index (χ3n) is 6.20. The van der Waals surface area contributed by atoms with Gasteiger partial charge in [-0.05, 0) is 25.5 Å². The van der Waals surface area contributed by atoms with Gasteiger partial charge in [0.05, 0.1) is 5.69 Å². The van der Waals surface area contributed by atoms with Gasteiger partial charge in [-0.3, -0.25) is 24.0 Å². The summed E-state index contributed by atoms with van der Waals surface area (Å²) in [5.41, 5.74) is 2.19. The zero-order chi connectivity index (χ0) is 29.6. The molecule has 3 rings (SSSR count). The van der Waals surface area contributed by atoms with Gasteiger partial charge < -0.3 is 34.0 Å². The fourth-order valence-corrected chi connectivity index (χ4v) is 4.54. The van der Waals surface area contributed by atoms with E-state index in [1.807, 2.05) is 32.0 Å². The summed E-state index contributed by atoms with van der Waals surface area (Å²) in [6.07, 6.45) is -3.51. The number of carbonyl (C=O) groups is 5. The zero-order valence-corrected chi connectivity index (χ0v) is 23.4. The minimum atomic E-state index is -1.43. The van der Waals surface area contributed by atoms with Crippen molar-refractivity contribution in [1.29, 1.82) is 0 Å². The van der Waals surface area contributed by atoms with Crippen LogP contribution in [-0.2, 0) is 47.8 Å². The SMILES string of the molecule is CCCCN1C(=O)/C(=N/O[C@@H]2O[C@H](COC(C)=O)[C@H](OC(C)=O)[C@@H](OC(C)=O)[C@H]2NC(C)=O)c2cc(C)ccc21. The van der Waals surface area contributed by atoms with Crippen molar-refractivity contribution >= 4 is 41.1 Å². The van der Waals surface area contributed by atoms with E-state index in [2.05, 4.69) is 10.5 Å². The van der Waals surface area contributed by atoms with Crippen molar-refractivity contribution in [3.8, 4) is 0 Å². The molecule has 1 fully saturated rings. The van der Waals surface area contributed by atoms with E-state index < -0.39 is 54.5 Å². The molecule has 0 saturated carbocycles. The van der Waals surface area contributed by atoms with Gasteiger partial charge in [-0.15, -0.1) is 0 Å². The summed E-state index contributed by atoms with van der Waals surface area (Å²) in [7, 11) is 0. The Morgan fingerprint density at radius 2 is 1.70 bits per heavy atom. The van der Waals surface area contributed by atoms with Gasteiger partial charge in [0.15, 0.2) is 17.9 Å². The molecule has 0 aromatic heterocycles. The van der Waals surface area contributed by atoms with Crippen molar-refractivity contribution in [3.05, 3.63) is 29.3 Å². The molecule has 0 bridgehead atoms. The van der Waals surface area contributed by atoms with E-state index in [1.165, 1.54) is 13.8 Å². The molecule has 1 N–H and O–H groups in total. The molecule has 0 aliphatic carbocycles. The smallest absolute Gasteiger partial charge is 0.303 e. The number of amides is 2. The van der Waals surface area contributed by atoms with Crippen molar-refractivity contribution in [2.75, 3.05) is 18.1 Å². The lowest BCUT2D eigenvalue weighted by molar-refractivity contribution is -0.278. The maximum absolute atomic E-state index is 13.4. The largest absolute Gasteiger partial charge is 0.463 e. The van der Waals surface area contributed by atoms with Gasteiger partial charge in [-0.25, -0.2) is 0 Å². The number of carbonyl (C=O) groups excluding carboxylic acids is 5. The van der Waals surface area contributed by atoms with Crippen molar-refractivity contribution in [2.24, 2.45) is 5.16 Å². The number of unbranched alkanes of at least 4 members (excludes halogenated alkanes) is 1. The van der Waals surface area contributed by atoms with Crippen LogP contribution < -0.4 is 10.2 Å². The predicted octanol–water partition coefficient (Wildman–Crippen LogP) is 1.52. The predicted molar refractivity (Wildman–Crippen MR) is 140 cm³/mol. The monoisotopic (exact) mass is 561 g/mol. The van der Waals surface area contributed by atoms with Crippen LogP contribution in [0.15, 0.2) is 23.4 Å². The Morgan fingerprint density at radius 3 is 2.30 bits per heavy atom. The summed E-state index contributed by atoms with van der Waals surface area (Å²) in [6, 6.07) is 4.34. The number of nitrogens with one attached hydrogen (secondary N) is 1. The van der Waals surface area contributed by atoms with Crippen LogP contribution in [-0.4, -0.2) is 79.2 Å². The third-order valence-corrected chi connectivity index (χ3v) is 6.20. The summed E-state index contributed by atoms with van der Waals surface area (Å²) in [5.74, 6) is -3.00. The molecule has 1 aromatic carbocycles. The normalized spacial score (nSPS) is 24.8. The van der Waals surface area contributed by atoms with Crippen LogP contribution in [0.4, 0.5) is 5.69 Å². The fourth-order valence-electron chi connectivity index (χ4n) is 4.54. The first-order chi connectivity index (χ1) is 18.9. The number of fused-ring (bicyclic) bond motifs is 1. The average molecular weight is 562 g/mol. The molecule has 1 saturated heterocycles. The maximum Gasteiger partial charge on any atom is 0.303 e. The highest BCUT2D eigenvalue weighted by molar-refractivity contribution is 6.54. The van der Waals surface area contributed by atoms with Crippen LogP contribution >= 0.6 is 0 Å². The first-order valence-corrected chi connectivity index (χ1v) is 13.0. The van der Waals surface area contributed by atoms with E-state index in [0.717, 1.165) is 32.3 Å². The molecule has 40 heavy (non-hydrogen) atoms. The lowest BCUT2D eigenvalue weighted by atomic mass is 9.96. The summed E-state index contributed by atoms with van der Waals surface area (Å²) in [6.45, 7) is 8.70. The van der Waals surface area contributed by atoms with Crippen molar-refractivity contribution in [2.45, 2.75) is 85.0 Å². The second kappa shape index (κ2) is 13.4. The number of rotatable bonds is 10. The molecule has 218 valence electrons. The van der Waals surface area contributed by atoms with Gasteiger partial charge in [0.1, 0.15) is 18.8 Å². The molecule has 0 radical (unpaired) electrons. The quantitative estimate of drug-likeness (QED) is 0.252. The van der Waals surface area contributed by atoms with Crippen LogP contribution in [0, 0.1) is 6.92 Å². The van der Waals surface area contributed by atoms with Crippen LogP contribution in [0.3, 0.4) is 0 Å². The van der Waals surface area contributed by atoms with E-state index in [0.29, 0.717) is 17.8 Å². The Balaban J connectivity index is 2.02. The number of ether oxygens (including phenoxy) is 4. The standard InChI is InChI=1S/C27H35N3O10/c1-7-8-11-30-20-10-9-14(2)12-19(20)22(26(30)35)29-40-27-23(28-15(3)31)25(38-18(6)34)24(37-17(5)33)21(39-27)13-36-16(4)32/h9-10,12,21,23-25,27H,7-8,11,13H2,1-6H3,(H,28,31)/b29-22+/t21-,23-,24+,25+,27+/m1/s1. The molecule has 13 nitrogen and oxygen atoms in total. The van der Waals surface area contributed by atoms with E-state index in [4.69, 9.17) is 23.8 Å². The lowest BCUT2D eigenvalue weighted by Crippen LogP contribution is -2.66. The minimum absolute atomic E-state index is 0.0302. The van der Waals surface area contributed by atoms with Gasteiger partial charge in [0, 0.05) is 39.8 Å². The Bertz CT molecular complexity index is 1180. The second-order valence-electron chi connectivity index (χ2n) is 9.60. The van der Waals surface area contributed by atoms with Crippen LogP contribution in [0.2, 0.25) is 0 Å². The molecule has 2 heterocycles. The summed E-state index contributed by atoms with van der Waals surface area (Å²) < 4.78 is 21.9. The van der Waals surface area contributed by atoms with Gasteiger partial charge in [-0.2, -0.15) is 0 Å². The van der Waals surface area contributed by atoms with E-state index in [9.17, 15) is 24.0 Å². The number of oxime groups is 1. The highest BCUT2D eigenvalue weighted by Gasteiger charge is 2.52. The molecule has 13 heteroatoms. The fraction of sp³-hybridized carbons (Fsp3) is 0.556. The highest BCUT2D eigenvalue weighted by atomic mass is 16.8. The molecule has 5 atom stereocenters. The number of aryl methyl sites for hydroxylation is 1. The highest BCUT2D eigenvalue weighted by Crippen LogP contribution is 2.32. The maximum atomic E-state index is 13.4. The third kappa shape index (κ3) is 7.34. The Morgan fingerprint density at radius 1 is 1.02 bits per heavy atom. The first-order valence-electron chi connectivity index (χ1n) is 13.0. The molecular formula is C27H35N3O10. The first kappa shape index (κ1) is 30.5. The lowest BCUT2D eigenvalue weighted by Gasteiger charge is -2.43. The Labute approximate surface area is 232 Å². The topological polar surface area (TPSA) is 159 Å². The summed E-state index contributed by atoms with van der Waals surface area (Å²) in [4.78, 5) is 68.3. The molecule has 1 aromatic rings. The number of hydrogen-bond acceptors (Lipinski definition) is 11. The zero-order valence-electron chi connectivity index (χ0n) is 23.4. The Hall–Kier alpha value is -4.00.